The third kappa shape index (κ3) is 3.88. The summed E-state index contributed by atoms with van der Waals surface area (Å²) in [7, 11) is 0. The van der Waals surface area contributed by atoms with Gasteiger partial charge in [-0.15, -0.1) is 11.8 Å². The van der Waals surface area contributed by atoms with E-state index in [2.05, 4.69) is 36.2 Å². The van der Waals surface area contributed by atoms with Crippen LogP contribution in [0.4, 0.5) is 5.69 Å². The van der Waals surface area contributed by atoms with Gasteiger partial charge in [0.2, 0.25) is 11.8 Å². The first-order valence-corrected chi connectivity index (χ1v) is 16.2. The number of fused-ring (bicyclic) bond motifs is 9. The van der Waals surface area contributed by atoms with Crippen molar-refractivity contribution in [3.8, 4) is 5.75 Å². The van der Waals surface area contributed by atoms with Gasteiger partial charge < -0.3 is 9.72 Å². The first kappa shape index (κ1) is 26.0. The Kier molecular flexibility index (Phi) is 6.02. The first-order chi connectivity index (χ1) is 20.4. The summed E-state index contributed by atoms with van der Waals surface area (Å²) in [6.45, 7) is 4.59. The van der Waals surface area contributed by atoms with Gasteiger partial charge in [-0.25, -0.2) is 0 Å². The minimum Gasteiger partial charge on any atom is -0.489 e. The van der Waals surface area contributed by atoms with E-state index in [1.54, 1.807) is 11.8 Å². The second kappa shape index (κ2) is 9.71. The summed E-state index contributed by atoms with van der Waals surface area (Å²) in [4.78, 5) is 45.8. The van der Waals surface area contributed by atoms with Crippen molar-refractivity contribution in [2.24, 2.45) is 29.6 Å². The summed E-state index contributed by atoms with van der Waals surface area (Å²) in [6.07, 6.45) is 0.879. The molecule has 1 aromatic heterocycles. The van der Waals surface area contributed by atoms with E-state index in [0.717, 1.165) is 38.8 Å². The number of H-pyrrole nitrogens is 1. The molecule has 3 heterocycles. The minimum absolute atomic E-state index is 0.00658. The molecule has 2 bridgehead atoms. The second-order valence-electron chi connectivity index (χ2n) is 12.1. The Morgan fingerprint density at radius 1 is 0.881 bits per heavy atom. The quantitative estimate of drug-likeness (QED) is 0.274. The molecule has 4 aliphatic rings. The van der Waals surface area contributed by atoms with Crippen LogP contribution < -0.4 is 14.5 Å². The van der Waals surface area contributed by atoms with Crippen molar-refractivity contribution in [2.45, 2.75) is 43.1 Å². The number of nitrogens with one attached hydrogen (secondary N) is 1. The molecule has 5 unspecified atom stereocenters. The zero-order valence-electron chi connectivity index (χ0n) is 23.3. The summed E-state index contributed by atoms with van der Waals surface area (Å²) in [6, 6.07) is 24.1. The van der Waals surface area contributed by atoms with Gasteiger partial charge in [0.05, 0.1) is 22.5 Å². The number of hydrogen-bond acceptors (Lipinski definition) is 6. The molecule has 4 aromatic rings. The van der Waals surface area contributed by atoms with E-state index in [9.17, 15) is 14.4 Å². The van der Waals surface area contributed by atoms with Gasteiger partial charge in [-0.2, -0.15) is 0 Å². The summed E-state index contributed by atoms with van der Waals surface area (Å²) < 4.78 is 6.12. The average molecular weight is 595 g/mol. The Morgan fingerprint density at radius 2 is 1.60 bits per heavy atom. The predicted octanol–water partition coefficient (Wildman–Crippen LogP) is 6.31. The smallest absolute Gasteiger partial charge is 0.305 e. The molecule has 0 radical (unpaired) electrons. The van der Waals surface area contributed by atoms with Crippen LogP contribution in [0.5, 0.6) is 5.75 Å². The molecule has 3 fully saturated rings. The van der Waals surface area contributed by atoms with Crippen molar-refractivity contribution >= 4 is 40.6 Å². The SMILES string of the molecule is Cc1ccc(N2C(=O)C3C(C2=O)[C@@H]2C[C@H]3C3Sc4[nH]c(=O)sc4C(c4ccc(OCc5ccccc5C)cc4)C32)cc1. The maximum absolute atomic E-state index is 13.9. The summed E-state index contributed by atoms with van der Waals surface area (Å²) >= 11 is 3.00. The molecule has 1 saturated heterocycles. The molecule has 2 saturated carbocycles. The highest BCUT2D eigenvalue weighted by molar-refractivity contribution is 8.00. The van der Waals surface area contributed by atoms with Gasteiger partial charge in [0.25, 0.3) is 0 Å². The number of amides is 2. The Labute approximate surface area is 252 Å². The van der Waals surface area contributed by atoms with Crippen LogP contribution in [0, 0.1) is 43.4 Å². The first-order valence-electron chi connectivity index (χ1n) is 14.5. The van der Waals surface area contributed by atoms with Crippen molar-refractivity contribution in [1.82, 2.24) is 4.98 Å². The Balaban J connectivity index is 1.12. The van der Waals surface area contributed by atoms with E-state index in [1.807, 2.05) is 55.5 Å². The monoisotopic (exact) mass is 594 g/mol. The number of aryl methyl sites for hydroxylation is 2. The fourth-order valence-corrected chi connectivity index (χ4v) is 10.9. The highest BCUT2D eigenvalue weighted by Crippen LogP contribution is 2.68. The molecule has 8 rings (SSSR count). The number of aromatic amines is 1. The van der Waals surface area contributed by atoms with E-state index in [4.69, 9.17) is 4.74 Å². The van der Waals surface area contributed by atoms with Crippen LogP contribution in [0.15, 0.2) is 82.6 Å². The van der Waals surface area contributed by atoms with Gasteiger partial charge in [-0.1, -0.05) is 65.4 Å². The Bertz CT molecular complexity index is 1780. The van der Waals surface area contributed by atoms with Gasteiger partial charge in [0.1, 0.15) is 12.4 Å². The summed E-state index contributed by atoms with van der Waals surface area (Å²) in [5, 5.41) is 1.10. The molecule has 0 spiro atoms. The molecule has 42 heavy (non-hydrogen) atoms. The number of benzene rings is 3. The third-order valence-electron chi connectivity index (χ3n) is 9.91. The maximum atomic E-state index is 13.9. The molecule has 2 aliphatic heterocycles. The average Bonchev–Trinajstić information content (AvgIpc) is 3.72. The van der Waals surface area contributed by atoms with Gasteiger partial charge in [0.15, 0.2) is 0 Å². The number of imide groups is 1. The molecular weight excluding hydrogens is 565 g/mol. The Morgan fingerprint density at radius 3 is 2.33 bits per heavy atom. The van der Waals surface area contributed by atoms with Gasteiger partial charge in [-0.05, 0) is 79.0 Å². The Hall–Kier alpha value is -3.62. The number of carbonyl (C=O) groups is 2. The standard InChI is InChI=1S/C34H30N2O4S2/c1-17-7-11-21(12-8-17)36-32(37)27-23-15-24(28(27)33(36)38)29-26(23)25(30-31(41-29)35-34(39)42-30)19-9-13-22(14-10-19)40-16-20-6-4-3-5-18(20)2/h3-14,23-29H,15-16H2,1-2H3,(H,35,39)/t23-,24-,25?,26?,27?,28?,29?/m1/s1. The van der Waals surface area contributed by atoms with Crippen molar-refractivity contribution < 1.29 is 14.3 Å². The zero-order chi connectivity index (χ0) is 28.7. The lowest BCUT2D eigenvalue weighted by atomic mass is 9.68. The van der Waals surface area contributed by atoms with Crippen LogP contribution in [0.1, 0.15) is 39.5 Å². The lowest BCUT2D eigenvalue weighted by Crippen LogP contribution is -2.42. The van der Waals surface area contributed by atoms with Crippen LogP contribution in [0.2, 0.25) is 0 Å². The van der Waals surface area contributed by atoms with Gasteiger partial charge in [0, 0.05) is 16.0 Å². The fraction of sp³-hybridized carbons (Fsp3) is 0.324. The van der Waals surface area contributed by atoms with Crippen molar-refractivity contribution in [3.63, 3.8) is 0 Å². The van der Waals surface area contributed by atoms with Crippen LogP contribution in [-0.4, -0.2) is 22.0 Å². The van der Waals surface area contributed by atoms with Crippen molar-refractivity contribution in [2.75, 3.05) is 4.90 Å². The van der Waals surface area contributed by atoms with Crippen LogP contribution in [0.25, 0.3) is 0 Å². The molecule has 3 aromatic carbocycles. The van der Waals surface area contributed by atoms with E-state index in [0.29, 0.717) is 12.3 Å². The van der Waals surface area contributed by atoms with Crippen LogP contribution >= 0.6 is 23.1 Å². The topological polar surface area (TPSA) is 79.5 Å². The molecular formula is C34H30N2O4S2. The maximum Gasteiger partial charge on any atom is 0.305 e. The highest BCUT2D eigenvalue weighted by atomic mass is 32.2. The molecule has 2 amide bonds. The number of aromatic nitrogens is 1. The number of rotatable bonds is 5. The number of nitrogens with zero attached hydrogens (tertiary/aromatic N) is 1. The molecule has 8 heteroatoms. The van der Waals surface area contributed by atoms with Gasteiger partial charge in [-0.3, -0.25) is 19.3 Å². The second-order valence-corrected chi connectivity index (χ2v) is 14.3. The number of hydrogen-bond donors (Lipinski definition) is 1. The number of ether oxygens (including phenoxy) is 1. The van der Waals surface area contributed by atoms with E-state index >= 15 is 0 Å². The van der Waals surface area contributed by atoms with Crippen molar-refractivity contribution in [3.05, 3.63) is 110 Å². The van der Waals surface area contributed by atoms with Crippen LogP contribution in [0.3, 0.4) is 0 Å². The number of anilines is 1. The number of thiazole rings is 1. The summed E-state index contributed by atoms with van der Waals surface area (Å²) in [5.74, 6) is 0.457. The molecule has 6 nitrogen and oxygen atoms in total. The largest absolute Gasteiger partial charge is 0.489 e. The molecule has 7 atom stereocenters. The highest BCUT2D eigenvalue weighted by Gasteiger charge is 2.69. The predicted molar refractivity (Wildman–Crippen MR) is 164 cm³/mol. The third-order valence-corrected chi connectivity index (χ3v) is 12.5. The lowest BCUT2D eigenvalue weighted by Gasteiger charge is -2.43. The molecule has 212 valence electrons. The van der Waals surface area contributed by atoms with E-state index in [1.165, 1.54) is 21.8 Å². The van der Waals surface area contributed by atoms with Crippen molar-refractivity contribution in [1.29, 1.82) is 0 Å². The van der Waals surface area contributed by atoms with E-state index < -0.39 is 0 Å². The molecule has 1 N–H and O–H groups in total. The fourth-order valence-electron chi connectivity index (χ4n) is 8.04. The van der Waals surface area contributed by atoms with Gasteiger partial charge >= 0.3 is 4.87 Å². The number of thioether (sulfide) groups is 1. The van der Waals surface area contributed by atoms with E-state index in [-0.39, 0.29) is 57.4 Å². The van der Waals surface area contributed by atoms with Crippen LogP contribution in [-0.2, 0) is 16.2 Å². The zero-order valence-corrected chi connectivity index (χ0v) is 24.9. The molecule has 2 aliphatic carbocycles. The summed E-state index contributed by atoms with van der Waals surface area (Å²) in [5.41, 5.74) is 5.24. The minimum atomic E-state index is -0.304. The number of carbonyl (C=O) groups excluding carboxylic acids is 2. The normalized spacial score (nSPS) is 29.0. The lowest BCUT2D eigenvalue weighted by molar-refractivity contribution is -0.123.